The zero-order valence-electron chi connectivity index (χ0n) is 19.0. The summed E-state index contributed by atoms with van der Waals surface area (Å²) in [6.07, 6.45) is 3.16. The number of carbonyl (C=O) groups is 2. The summed E-state index contributed by atoms with van der Waals surface area (Å²) in [4.78, 5) is 42.8. The van der Waals surface area contributed by atoms with Crippen LogP contribution < -0.4 is 10.9 Å². The Labute approximate surface area is 201 Å². The Hall–Kier alpha value is -3.78. The van der Waals surface area contributed by atoms with Gasteiger partial charge in [-0.3, -0.25) is 14.2 Å². The summed E-state index contributed by atoms with van der Waals surface area (Å²) in [6, 6.07) is 14.4. The van der Waals surface area contributed by atoms with Crippen LogP contribution >= 0.6 is 11.3 Å². The van der Waals surface area contributed by atoms with Gasteiger partial charge in [0.25, 0.3) is 5.56 Å². The first-order valence-corrected chi connectivity index (χ1v) is 11.9. The normalized spacial score (nSPS) is 10.9. The lowest BCUT2D eigenvalue weighted by molar-refractivity contribution is -0.116. The number of thiophene rings is 1. The lowest BCUT2D eigenvalue weighted by Gasteiger charge is -2.09. The Balaban J connectivity index is 1.47. The van der Waals surface area contributed by atoms with E-state index in [1.807, 2.05) is 43.5 Å². The third-order valence-corrected chi connectivity index (χ3v) is 6.26. The fourth-order valence-corrected chi connectivity index (χ4v) is 4.37. The highest BCUT2D eigenvalue weighted by Gasteiger charge is 2.15. The van der Waals surface area contributed by atoms with Gasteiger partial charge in [-0.1, -0.05) is 43.2 Å². The molecule has 0 unspecified atom stereocenters. The highest BCUT2D eigenvalue weighted by molar-refractivity contribution is 7.17. The minimum atomic E-state index is -0.391. The molecule has 8 heteroatoms. The quantitative estimate of drug-likeness (QED) is 0.285. The lowest BCUT2D eigenvalue weighted by Crippen LogP contribution is -2.27. The van der Waals surface area contributed by atoms with E-state index in [1.54, 1.807) is 24.3 Å². The molecule has 0 saturated heterocycles. The number of carbonyl (C=O) groups excluding carboxylic acids is 2. The topological polar surface area (TPSA) is 90.3 Å². The number of anilines is 1. The predicted molar refractivity (Wildman–Crippen MR) is 134 cm³/mol. The van der Waals surface area contributed by atoms with Gasteiger partial charge in [0.15, 0.2) is 0 Å². The van der Waals surface area contributed by atoms with Crippen molar-refractivity contribution in [3.8, 4) is 11.1 Å². The molecule has 0 radical (unpaired) electrons. The number of hydrogen-bond donors (Lipinski definition) is 1. The van der Waals surface area contributed by atoms with Gasteiger partial charge in [-0.2, -0.15) is 0 Å². The first kappa shape index (κ1) is 23.4. The number of ether oxygens (including phenoxy) is 1. The number of nitrogens with one attached hydrogen (secondary N) is 1. The van der Waals surface area contributed by atoms with Crippen molar-refractivity contribution in [2.75, 3.05) is 11.9 Å². The van der Waals surface area contributed by atoms with Crippen LogP contribution in [0.25, 0.3) is 21.3 Å². The number of fused-ring (bicyclic) bond motifs is 1. The second-order valence-corrected chi connectivity index (χ2v) is 8.85. The minimum absolute atomic E-state index is 0.175. The Bertz CT molecular complexity index is 1370. The molecular formula is C26H25N3O4S. The molecule has 0 atom stereocenters. The molecule has 2 aromatic carbocycles. The molecule has 2 heterocycles. The van der Waals surface area contributed by atoms with Crippen molar-refractivity contribution in [1.82, 2.24) is 9.55 Å². The number of aryl methyl sites for hydroxylation is 1. The number of amides is 1. The largest absolute Gasteiger partial charge is 0.462 e. The van der Waals surface area contributed by atoms with E-state index in [1.165, 1.54) is 22.2 Å². The number of esters is 1. The van der Waals surface area contributed by atoms with E-state index in [9.17, 15) is 14.4 Å². The Morgan fingerprint density at radius 2 is 1.82 bits per heavy atom. The van der Waals surface area contributed by atoms with Crippen molar-refractivity contribution >= 4 is 39.1 Å². The van der Waals surface area contributed by atoms with Crippen LogP contribution in [-0.2, 0) is 16.1 Å². The maximum absolute atomic E-state index is 13.2. The van der Waals surface area contributed by atoms with Gasteiger partial charge >= 0.3 is 5.97 Å². The van der Waals surface area contributed by atoms with Crippen LogP contribution in [-0.4, -0.2) is 28.0 Å². The molecule has 4 aromatic rings. The number of aromatic nitrogens is 2. The van der Waals surface area contributed by atoms with Crippen LogP contribution in [0.15, 0.2) is 65.0 Å². The zero-order chi connectivity index (χ0) is 24.1. The highest BCUT2D eigenvalue weighted by atomic mass is 32.1. The monoisotopic (exact) mass is 475 g/mol. The summed E-state index contributed by atoms with van der Waals surface area (Å²) >= 11 is 1.40. The second kappa shape index (κ2) is 10.4. The van der Waals surface area contributed by atoms with Crippen molar-refractivity contribution < 1.29 is 14.3 Å². The van der Waals surface area contributed by atoms with Crippen molar-refractivity contribution in [2.45, 2.75) is 33.2 Å². The molecule has 1 amide bonds. The van der Waals surface area contributed by atoms with Crippen LogP contribution in [0.4, 0.5) is 5.69 Å². The fraction of sp³-hybridized carbons (Fsp3) is 0.231. The van der Waals surface area contributed by atoms with E-state index < -0.39 is 5.97 Å². The molecule has 2 aromatic heterocycles. The van der Waals surface area contributed by atoms with Gasteiger partial charge in [-0.15, -0.1) is 11.3 Å². The van der Waals surface area contributed by atoms with Crippen LogP contribution in [0.5, 0.6) is 0 Å². The molecule has 0 fully saturated rings. The summed E-state index contributed by atoms with van der Waals surface area (Å²) < 4.78 is 6.49. The van der Waals surface area contributed by atoms with Crippen LogP contribution in [0.2, 0.25) is 0 Å². The molecule has 34 heavy (non-hydrogen) atoms. The van der Waals surface area contributed by atoms with E-state index >= 15 is 0 Å². The lowest BCUT2D eigenvalue weighted by atomic mass is 10.1. The molecule has 174 valence electrons. The second-order valence-electron chi connectivity index (χ2n) is 7.99. The van der Waals surface area contributed by atoms with E-state index in [4.69, 9.17) is 4.74 Å². The molecule has 7 nitrogen and oxygen atoms in total. The van der Waals surface area contributed by atoms with Crippen molar-refractivity contribution in [3.05, 3.63) is 81.7 Å². The van der Waals surface area contributed by atoms with Crippen molar-refractivity contribution in [3.63, 3.8) is 0 Å². The summed E-state index contributed by atoms with van der Waals surface area (Å²) in [5.74, 6) is -0.758. The fourth-order valence-electron chi connectivity index (χ4n) is 3.46. The first-order chi connectivity index (χ1) is 16.5. The maximum atomic E-state index is 13.2. The summed E-state index contributed by atoms with van der Waals surface area (Å²) in [6.45, 7) is 4.24. The standard InChI is InChI=1S/C26H25N3O4S/c1-3-4-13-33-26(32)19-9-11-20(12-10-19)28-22(30)14-29-16-27-24-23(25(29)31)21(15-34-24)18-7-5-17(2)6-8-18/h5-12,15-16H,3-4,13-14H2,1-2H3,(H,28,30). The Morgan fingerprint density at radius 3 is 2.53 bits per heavy atom. The molecule has 0 aliphatic rings. The SMILES string of the molecule is CCCCOC(=O)c1ccc(NC(=O)Cn2cnc3scc(-c4ccc(C)cc4)c3c2=O)cc1. The van der Waals surface area contributed by atoms with Gasteiger partial charge in [0.05, 0.1) is 23.9 Å². The summed E-state index contributed by atoms with van der Waals surface area (Å²) in [5.41, 5.74) is 3.56. The number of benzene rings is 2. The molecule has 0 spiro atoms. The maximum Gasteiger partial charge on any atom is 0.338 e. The van der Waals surface area contributed by atoms with Crippen molar-refractivity contribution in [1.29, 1.82) is 0 Å². The minimum Gasteiger partial charge on any atom is -0.462 e. The number of hydrogen-bond acceptors (Lipinski definition) is 6. The van der Waals surface area contributed by atoms with E-state index in [0.717, 1.165) is 29.5 Å². The Kier molecular flexibility index (Phi) is 7.18. The average molecular weight is 476 g/mol. The molecule has 0 bridgehead atoms. The molecular weight excluding hydrogens is 450 g/mol. The van der Waals surface area contributed by atoms with Crippen LogP contribution in [0, 0.1) is 6.92 Å². The number of rotatable bonds is 8. The third-order valence-electron chi connectivity index (χ3n) is 5.37. The highest BCUT2D eigenvalue weighted by Crippen LogP contribution is 2.30. The van der Waals surface area contributed by atoms with Crippen molar-refractivity contribution in [2.24, 2.45) is 0 Å². The molecule has 4 rings (SSSR count). The first-order valence-electron chi connectivity index (χ1n) is 11.1. The third kappa shape index (κ3) is 5.23. The average Bonchev–Trinajstić information content (AvgIpc) is 3.27. The van der Waals surface area contributed by atoms with E-state index in [-0.39, 0.29) is 18.0 Å². The van der Waals surface area contributed by atoms with E-state index in [0.29, 0.717) is 28.1 Å². The summed E-state index contributed by atoms with van der Waals surface area (Å²) in [7, 11) is 0. The van der Waals surface area contributed by atoms with Gasteiger partial charge in [0, 0.05) is 16.6 Å². The Morgan fingerprint density at radius 1 is 1.09 bits per heavy atom. The van der Waals surface area contributed by atoms with Crippen LogP contribution in [0.1, 0.15) is 35.7 Å². The molecule has 0 aliphatic carbocycles. The smallest absolute Gasteiger partial charge is 0.338 e. The number of unbranched alkanes of at least 4 members (excludes halogenated alkanes) is 1. The van der Waals surface area contributed by atoms with Gasteiger partial charge < -0.3 is 10.1 Å². The predicted octanol–water partition coefficient (Wildman–Crippen LogP) is 5.03. The molecule has 0 saturated carbocycles. The van der Waals surface area contributed by atoms with Crippen LogP contribution in [0.3, 0.4) is 0 Å². The van der Waals surface area contributed by atoms with Gasteiger partial charge in [0.1, 0.15) is 11.4 Å². The number of nitrogens with zero attached hydrogens (tertiary/aromatic N) is 2. The molecule has 0 aliphatic heterocycles. The molecule has 1 N–H and O–H groups in total. The van der Waals surface area contributed by atoms with Gasteiger partial charge in [-0.05, 0) is 43.2 Å². The zero-order valence-corrected chi connectivity index (χ0v) is 19.9. The van der Waals surface area contributed by atoms with Gasteiger partial charge in [-0.25, -0.2) is 9.78 Å². The van der Waals surface area contributed by atoms with E-state index in [2.05, 4.69) is 10.3 Å². The van der Waals surface area contributed by atoms with Gasteiger partial charge in [0.2, 0.25) is 5.91 Å². The summed E-state index contributed by atoms with van der Waals surface area (Å²) in [5, 5.41) is 5.18.